The maximum absolute atomic E-state index is 12.4. The molecule has 0 aliphatic heterocycles. The fourth-order valence-electron chi connectivity index (χ4n) is 2.35. The molecule has 170 valence electrons. The molecule has 3 amide bonds. The Balaban J connectivity index is 2.79. The SMILES string of the molecule is N[C@@H](CO)C(=O)NCC(=O)N[C@@H](CC(=O)O)C(=O)N[C@@H](Cc1ccc(O)cc1)C(=O)O. The van der Waals surface area contributed by atoms with E-state index in [0.717, 1.165) is 0 Å². The highest BCUT2D eigenvalue weighted by atomic mass is 16.4. The van der Waals surface area contributed by atoms with Gasteiger partial charge in [-0.3, -0.25) is 19.2 Å². The van der Waals surface area contributed by atoms with Crippen LogP contribution in [0.5, 0.6) is 5.75 Å². The minimum Gasteiger partial charge on any atom is -0.508 e. The summed E-state index contributed by atoms with van der Waals surface area (Å²) >= 11 is 0. The zero-order chi connectivity index (χ0) is 23.6. The van der Waals surface area contributed by atoms with Crippen LogP contribution in [-0.2, 0) is 30.4 Å². The number of phenols is 1. The van der Waals surface area contributed by atoms with Gasteiger partial charge in [0.1, 0.15) is 23.9 Å². The highest BCUT2D eigenvalue weighted by molar-refractivity contribution is 5.94. The topological polar surface area (TPSA) is 228 Å². The second-order valence-electron chi connectivity index (χ2n) is 6.49. The molecule has 0 aliphatic carbocycles. The quantitative estimate of drug-likeness (QED) is 0.163. The molecule has 0 spiro atoms. The number of amides is 3. The molecule has 9 N–H and O–H groups in total. The maximum atomic E-state index is 12.4. The number of aromatic hydroxyl groups is 1. The molecule has 0 saturated heterocycles. The van der Waals surface area contributed by atoms with E-state index in [-0.39, 0.29) is 12.2 Å². The summed E-state index contributed by atoms with van der Waals surface area (Å²) in [6.45, 7) is -1.30. The molecule has 0 aliphatic rings. The molecule has 0 saturated carbocycles. The van der Waals surface area contributed by atoms with Crippen molar-refractivity contribution < 1.29 is 44.4 Å². The van der Waals surface area contributed by atoms with Crippen LogP contribution in [0.3, 0.4) is 0 Å². The molecule has 13 nitrogen and oxygen atoms in total. The van der Waals surface area contributed by atoms with E-state index in [2.05, 4.69) is 16.0 Å². The predicted octanol–water partition coefficient (Wildman–Crippen LogP) is -3.10. The van der Waals surface area contributed by atoms with Gasteiger partial charge in [0.25, 0.3) is 0 Å². The summed E-state index contributed by atoms with van der Waals surface area (Å²) in [5.74, 6) is -5.68. The van der Waals surface area contributed by atoms with E-state index in [1.807, 2.05) is 0 Å². The van der Waals surface area contributed by atoms with Gasteiger partial charge in [0, 0.05) is 6.42 Å². The zero-order valence-electron chi connectivity index (χ0n) is 16.3. The lowest BCUT2D eigenvalue weighted by Crippen LogP contribution is -2.54. The minimum absolute atomic E-state index is 0.0315. The van der Waals surface area contributed by atoms with Gasteiger partial charge in [0.15, 0.2) is 0 Å². The first kappa shape index (κ1) is 25.3. The van der Waals surface area contributed by atoms with Crippen LogP contribution in [0.1, 0.15) is 12.0 Å². The van der Waals surface area contributed by atoms with Crippen LogP contribution in [0.4, 0.5) is 0 Å². The van der Waals surface area contributed by atoms with Gasteiger partial charge < -0.3 is 42.1 Å². The fourth-order valence-corrected chi connectivity index (χ4v) is 2.35. The third-order valence-electron chi connectivity index (χ3n) is 3.98. The molecule has 0 heterocycles. The second kappa shape index (κ2) is 12.1. The van der Waals surface area contributed by atoms with Crippen LogP contribution in [0.25, 0.3) is 0 Å². The molecule has 0 radical (unpaired) electrons. The van der Waals surface area contributed by atoms with E-state index in [1.54, 1.807) is 0 Å². The van der Waals surface area contributed by atoms with Crippen molar-refractivity contribution in [2.24, 2.45) is 5.73 Å². The number of aliphatic hydroxyl groups excluding tert-OH is 1. The van der Waals surface area contributed by atoms with Crippen LogP contribution in [-0.4, -0.2) is 81.4 Å². The summed E-state index contributed by atoms with van der Waals surface area (Å²) in [5.41, 5.74) is 5.75. The first-order valence-corrected chi connectivity index (χ1v) is 8.99. The highest BCUT2D eigenvalue weighted by Crippen LogP contribution is 2.11. The second-order valence-corrected chi connectivity index (χ2v) is 6.49. The summed E-state index contributed by atoms with van der Waals surface area (Å²) < 4.78 is 0. The number of carboxylic acid groups (broad SMARTS) is 2. The number of aliphatic hydroxyl groups is 1. The Hall–Kier alpha value is -3.71. The van der Waals surface area contributed by atoms with E-state index >= 15 is 0 Å². The molecule has 3 atom stereocenters. The third kappa shape index (κ3) is 9.10. The number of phenolic OH excluding ortho intramolecular Hbond substituents is 1. The summed E-state index contributed by atoms with van der Waals surface area (Å²) in [5, 5.41) is 42.8. The molecule has 1 rings (SSSR count). The number of nitrogens with two attached hydrogens (primary N) is 1. The van der Waals surface area contributed by atoms with Crippen LogP contribution < -0.4 is 21.7 Å². The molecular weight excluding hydrogens is 416 g/mol. The number of rotatable bonds is 12. The summed E-state index contributed by atoms with van der Waals surface area (Å²) in [7, 11) is 0. The lowest BCUT2D eigenvalue weighted by molar-refractivity contribution is -0.143. The van der Waals surface area contributed by atoms with Crippen LogP contribution in [0.15, 0.2) is 24.3 Å². The molecule has 0 unspecified atom stereocenters. The van der Waals surface area contributed by atoms with Gasteiger partial charge in [-0.05, 0) is 17.7 Å². The van der Waals surface area contributed by atoms with Crippen LogP contribution in [0.2, 0.25) is 0 Å². The normalized spacial score (nSPS) is 13.4. The standard InChI is InChI=1S/C18H24N4O9/c19-11(8-23)16(28)20-7-14(25)21-12(6-15(26)27)17(29)22-13(18(30)31)5-9-1-3-10(24)4-2-9/h1-4,11-13,23-24H,5-8,19H2,(H,20,28)(H,21,25)(H,22,29)(H,26,27)(H,30,31)/t11-,12-,13-/m0/s1. The Bertz CT molecular complexity index is 813. The average Bonchev–Trinajstić information content (AvgIpc) is 2.71. The number of hydrogen-bond acceptors (Lipinski definition) is 8. The van der Waals surface area contributed by atoms with E-state index in [4.69, 9.17) is 15.9 Å². The monoisotopic (exact) mass is 440 g/mol. The van der Waals surface area contributed by atoms with Gasteiger partial charge in [-0.15, -0.1) is 0 Å². The van der Waals surface area contributed by atoms with E-state index < -0.39 is 67.4 Å². The molecule has 13 heteroatoms. The summed E-state index contributed by atoms with van der Waals surface area (Å²) in [4.78, 5) is 58.4. The van der Waals surface area contributed by atoms with Gasteiger partial charge in [0.05, 0.1) is 19.6 Å². The number of aliphatic carboxylic acids is 2. The predicted molar refractivity (Wildman–Crippen MR) is 104 cm³/mol. The largest absolute Gasteiger partial charge is 0.508 e. The minimum atomic E-state index is -1.62. The van der Waals surface area contributed by atoms with E-state index in [9.17, 15) is 34.2 Å². The Labute approximate surface area is 176 Å². The fraction of sp³-hybridized carbons (Fsp3) is 0.389. The van der Waals surface area contributed by atoms with Crippen molar-refractivity contribution in [3.63, 3.8) is 0 Å². The zero-order valence-corrected chi connectivity index (χ0v) is 16.3. The first-order chi connectivity index (χ1) is 14.5. The molecule has 1 aromatic carbocycles. The Morgan fingerprint density at radius 1 is 0.935 bits per heavy atom. The van der Waals surface area contributed by atoms with E-state index in [0.29, 0.717) is 5.56 Å². The van der Waals surface area contributed by atoms with Gasteiger partial charge in [-0.25, -0.2) is 4.79 Å². The maximum Gasteiger partial charge on any atom is 0.326 e. The van der Waals surface area contributed by atoms with Crippen molar-refractivity contribution in [3.05, 3.63) is 29.8 Å². The molecular formula is C18H24N4O9. The molecule has 31 heavy (non-hydrogen) atoms. The number of carbonyl (C=O) groups is 5. The van der Waals surface area contributed by atoms with Crippen molar-refractivity contribution in [1.29, 1.82) is 0 Å². The number of nitrogens with one attached hydrogen (secondary N) is 3. The molecule has 0 aromatic heterocycles. The Kier molecular flexibility index (Phi) is 9.88. The number of carbonyl (C=O) groups excluding carboxylic acids is 3. The summed E-state index contributed by atoms with van der Waals surface area (Å²) in [6, 6.07) is 1.26. The molecule has 1 aromatic rings. The van der Waals surface area contributed by atoms with Gasteiger partial charge in [0.2, 0.25) is 17.7 Å². The molecule has 0 fully saturated rings. The Morgan fingerprint density at radius 3 is 2.06 bits per heavy atom. The van der Waals surface area contributed by atoms with Crippen molar-refractivity contribution in [3.8, 4) is 5.75 Å². The molecule has 0 bridgehead atoms. The van der Waals surface area contributed by atoms with Gasteiger partial charge in [-0.2, -0.15) is 0 Å². The number of carboxylic acids is 2. The van der Waals surface area contributed by atoms with Crippen LogP contribution in [0, 0.1) is 0 Å². The van der Waals surface area contributed by atoms with Crippen LogP contribution >= 0.6 is 0 Å². The van der Waals surface area contributed by atoms with E-state index in [1.165, 1.54) is 24.3 Å². The third-order valence-corrected chi connectivity index (χ3v) is 3.98. The van der Waals surface area contributed by atoms with Crippen molar-refractivity contribution >= 4 is 29.7 Å². The number of benzene rings is 1. The van der Waals surface area contributed by atoms with Gasteiger partial charge in [-0.1, -0.05) is 12.1 Å². The average molecular weight is 440 g/mol. The highest BCUT2D eigenvalue weighted by Gasteiger charge is 2.28. The Morgan fingerprint density at radius 2 is 1.55 bits per heavy atom. The van der Waals surface area contributed by atoms with Crippen molar-refractivity contribution in [2.45, 2.75) is 31.0 Å². The number of hydrogen-bond donors (Lipinski definition) is 8. The lowest BCUT2D eigenvalue weighted by atomic mass is 10.0. The lowest BCUT2D eigenvalue weighted by Gasteiger charge is -2.21. The van der Waals surface area contributed by atoms with Crippen molar-refractivity contribution in [1.82, 2.24) is 16.0 Å². The smallest absolute Gasteiger partial charge is 0.326 e. The first-order valence-electron chi connectivity index (χ1n) is 8.99. The van der Waals surface area contributed by atoms with Crippen molar-refractivity contribution in [2.75, 3.05) is 13.2 Å². The van der Waals surface area contributed by atoms with Gasteiger partial charge >= 0.3 is 11.9 Å². The summed E-state index contributed by atoms with van der Waals surface area (Å²) in [6.07, 6.45) is -1.00.